The van der Waals surface area contributed by atoms with Crippen LogP contribution in [0.3, 0.4) is 0 Å². The van der Waals surface area contributed by atoms with Crippen molar-refractivity contribution in [3.05, 3.63) is 96.3 Å². The van der Waals surface area contributed by atoms with Crippen LogP contribution in [-0.4, -0.2) is 21.0 Å². The lowest BCUT2D eigenvalue weighted by Gasteiger charge is -2.38. The van der Waals surface area contributed by atoms with E-state index in [9.17, 15) is 14.3 Å². The topological polar surface area (TPSA) is 87.1 Å². The van der Waals surface area contributed by atoms with Gasteiger partial charge in [0.15, 0.2) is 0 Å². The van der Waals surface area contributed by atoms with Gasteiger partial charge in [-0.2, -0.15) is 4.98 Å². The Hall–Kier alpha value is -4.26. The van der Waals surface area contributed by atoms with Crippen LogP contribution in [0.1, 0.15) is 24.8 Å². The van der Waals surface area contributed by atoms with Crippen LogP contribution in [0.5, 0.6) is 0 Å². The van der Waals surface area contributed by atoms with Crippen molar-refractivity contribution in [1.82, 2.24) is 9.97 Å². The minimum absolute atomic E-state index is 0.310. The molecule has 0 radical (unpaired) electrons. The molecule has 1 aromatic heterocycles. The highest BCUT2D eigenvalue weighted by molar-refractivity contribution is 5.83. The van der Waals surface area contributed by atoms with Gasteiger partial charge in [-0.05, 0) is 54.8 Å². The standard InChI is InChI=1S/C27H23FN4O2/c28-20-9-13-21(14-10-20)29-24-17-23(18-5-2-1-3-6-18)31-26(32-24)30-22-11-7-19(8-12-22)27(25(33)34)15-4-16-27/h1-3,5-14,17H,4,15-16H2,(H,33,34)(H2,29,30,31,32). The number of rotatable bonds is 7. The fourth-order valence-corrected chi connectivity index (χ4v) is 4.16. The third kappa shape index (κ3) is 4.32. The molecule has 1 heterocycles. The average molecular weight is 455 g/mol. The summed E-state index contributed by atoms with van der Waals surface area (Å²) in [5, 5.41) is 16.1. The Labute approximate surface area is 196 Å². The summed E-state index contributed by atoms with van der Waals surface area (Å²) < 4.78 is 13.3. The number of hydrogen-bond acceptors (Lipinski definition) is 5. The number of carbonyl (C=O) groups is 1. The highest BCUT2D eigenvalue weighted by atomic mass is 19.1. The summed E-state index contributed by atoms with van der Waals surface area (Å²) in [6.45, 7) is 0. The SMILES string of the molecule is O=C(O)C1(c2ccc(Nc3nc(Nc4ccc(F)cc4)cc(-c4ccccc4)n3)cc2)CCC1. The van der Waals surface area contributed by atoms with Crippen molar-refractivity contribution in [2.75, 3.05) is 10.6 Å². The summed E-state index contributed by atoms with van der Waals surface area (Å²) >= 11 is 0. The zero-order chi connectivity index (χ0) is 23.5. The lowest BCUT2D eigenvalue weighted by Crippen LogP contribution is -2.42. The van der Waals surface area contributed by atoms with Gasteiger partial charge in [0.2, 0.25) is 5.95 Å². The monoisotopic (exact) mass is 454 g/mol. The van der Waals surface area contributed by atoms with Crippen LogP contribution in [0.15, 0.2) is 84.9 Å². The molecular formula is C27H23FN4O2. The fraction of sp³-hybridized carbons (Fsp3) is 0.148. The molecule has 7 heteroatoms. The molecule has 0 atom stereocenters. The van der Waals surface area contributed by atoms with E-state index in [1.807, 2.05) is 60.7 Å². The van der Waals surface area contributed by atoms with E-state index < -0.39 is 11.4 Å². The van der Waals surface area contributed by atoms with E-state index in [1.165, 1.54) is 12.1 Å². The van der Waals surface area contributed by atoms with E-state index in [-0.39, 0.29) is 5.82 Å². The molecule has 5 rings (SSSR count). The molecule has 1 saturated carbocycles. The number of carboxylic acids is 1. The number of aromatic nitrogens is 2. The number of nitrogens with one attached hydrogen (secondary N) is 2. The van der Waals surface area contributed by atoms with Gasteiger partial charge in [0.05, 0.1) is 11.1 Å². The first kappa shape index (κ1) is 21.6. The van der Waals surface area contributed by atoms with E-state index in [1.54, 1.807) is 12.1 Å². The van der Waals surface area contributed by atoms with Gasteiger partial charge < -0.3 is 15.7 Å². The largest absolute Gasteiger partial charge is 0.481 e. The number of anilines is 4. The second kappa shape index (κ2) is 8.94. The van der Waals surface area contributed by atoms with Crippen molar-refractivity contribution in [3.63, 3.8) is 0 Å². The van der Waals surface area contributed by atoms with E-state index in [0.29, 0.717) is 30.3 Å². The predicted octanol–water partition coefficient (Wildman–Crippen LogP) is 6.28. The Kier molecular flexibility index (Phi) is 5.67. The molecule has 0 spiro atoms. The number of halogens is 1. The molecule has 6 nitrogen and oxygen atoms in total. The molecule has 34 heavy (non-hydrogen) atoms. The number of hydrogen-bond donors (Lipinski definition) is 3. The second-order valence-corrected chi connectivity index (χ2v) is 8.40. The minimum atomic E-state index is -0.769. The lowest BCUT2D eigenvalue weighted by molar-refractivity contribution is -0.147. The van der Waals surface area contributed by atoms with Crippen LogP contribution in [-0.2, 0) is 10.2 Å². The van der Waals surface area contributed by atoms with Gasteiger partial charge >= 0.3 is 5.97 Å². The predicted molar refractivity (Wildman–Crippen MR) is 130 cm³/mol. The van der Waals surface area contributed by atoms with Crippen molar-refractivity contribution >= 4 is 29.1 Å². The smallest absolute Gasteiger partial charge is 0.314 e. The number of benzene rings is 3. The molecule has 4 aromatic rings. The zero-order valence-electron chi connectivity index (χ0n) is 18.3. The second-order valence-electron chi connectivity index (χ2n) is 8.40. The minimum Gasteiger partial charge on any atom is -0.481 e. The maximum Gasteiger partial charge on any atom is 0.314 e. The fourth-order valence-electron chi connectivity index (χ4n) is 4.16. The van der Waals surface area contributed by atoms with Crippen molar-refractivity contribution in [2.24, 2.45) is 0 Å². The van der Waals surface area contributed by atoms with Gasteiger partial charge in [0, 0.05) is 23.0 Å². The van der Waals surface area contributed by atoms with E-state index in [0.717, 1.165) is 28.9 Å². The van der Waals surface area contributed by atoms with E-state index in [2.05, 4.69) is 20.6 Å². The van der Waals surface area contributed by atoms with Crippen LogP contribution < -0.4 is 10.6 Å². The average Bonchev–Trinajstić information content (AvgIpc) is 2.81. The summed E-state index contributed by atoms with van der Waals surface area (Å²) in [6.07, 6.45) is 2.25. The Morgan fingerprint density at radius 2 is 1.50 bits per heavy atom. The highest BCUT2D eigenvalue weighted by Crippen LogP contribution is 2.44. The molecule has 3 N–H and O–H groups in total. The first-order chi connectivity index (χ1) is 16.5. The van der Waals surface area contributed by atoms with Crippen LogP contribution in [0.4, 0.5) is 27.5 Å². The number of carboxylic acid groups (broad SMARTS) is 1. The molecule has 0 amide bonds. The molecule has 1 fully saturated rings. The Morgan fingerprint density at radius 3 is 2.12 bits per heavy atom. The van der Waals surface area contributed by atoms with Gasteiger partial charge in [-0.25, -0.2) is 9.37 Å². The summed E-state index contributed by atoms with van der Waals surface area (Å²) in [7, 11) is 0. The van der Waals surface area contributed by atoms with Crippen LogP contribution >= 0.6 is 0 Å². The maximum atomic E-state index is 13.3. The molecule has 0 bridgehead atoms. The summed E-state index contributed by atoms with van der Waals surface area (Å²) in [5.74, 6) is -0.139. The van der Waals surface area contributed by atoms with Crippen molar-refractivity contribution in [3.8, 4) is 11.3 Å². The molecule has 0 unspecified atom stereocenters. The Morgan fingerprint density at radius 1 is 0.853 bits per heavy atom. The normalized spacial score (nSPS) is 14.1. The maximum absolute atomic E-state index is 13.3. The van der Waals surface area contributed by atoms with Gasteiger partial charge in [0.25, 0.3) is 0 Å². The van der Waals surface area contributed by atoms with E-state index >= 15 is 0 Å². The first-order valence-electron chi connectivity index (χ1n) is 11.1. The summed E-state index contributed by atoms with van der Waals surface area (Å²) in [5.41, 5.74) is 3.15. The molecule has 0 aliphatic heterocycles. The summed E-state index contributed by atoms with van der Waals surface area (Å²) in [4.78, 5) is 21.0. The molecule has 1 aliphatic carbocycles. The van der Waals surface area contributed by atoms with Gasteiger partial charge in [-0.3, -0.25) is 4.79 Å². The Bertz CT molecular complexity index is 1310. The van der Waals surface area contributed by atoms with Gasteiger partial charge in [0.1, 0.15) is 11.6 Å². The summed E-state index contributed by atoms with van der Waals surface area (Å²) in [6, 6.07) is 25.0. The van der Waals surface area contributed by atoms with Gasteiger partial charge in [-0.1, -0.05) is 48.9 Å². The van der Waals surface area contributed by atoms with Crippen molar-refractivity contribution in [1.29, 1.82) is 0 Å². The third-order valence-electron chi connectivity index (χ3n) is 6.22. The van der Waals surface area contributed by atoms with Crippen LogP contribution in [0, 0.1) is 5.82 Å². The van der Waals surface area contributed by atoms with E-state index in [4.69, 9.17) is 0 Å². The molecule has 170 valence electrons. The first-order valence-corrected chi connectivity index (χ1v) is 11.1. The zero-order valence-corrected chi connectivity index (χ0v) is 18.3. The Balaban J connectivity index is 1.44. The van der Waals surface area contributed by atoms with Crippen LogP contribution in [0.2, 0.25) is 0 Å². The highest BCUT2D eigenvalue weighted by Gasteiger charge is 2.45. The third-order valence-corrected chi connectivity index (χ3v) is 6.22. The molecule has 1 aliphatic rings. The number of aliphatic carboxylic acids is 1. The molecule has 3 aromatic carbocycles. The molecule has 0 saturated heterocycles. The van der Waals surface area contributed by atoms with Crippen molar-refractivity contribution in [2.45, 2.75) is 24.7 Å². The number of nitrogens with zero attached hydrogens (tertiary/aromatic N) is 2. The van der Waals surface area contributed by atoms with Crippen molar-refractivity contribution < 1.29 is 14.3 Å². The lowest BCUT2D eigenvalue weighted by atomic mass is 9.64. The molecular weight excluding hydrogens is 431 g/mol. The quantitative estimate of drug-likeness (QED) is 0.305. The van der Waals surface area contributed by atoms with Gasteiger partial charge in [-0.15, -0.1) is 0 Å². The van der Waals surface area contributed by atoms with Crippen LogP contribution in [0.25, 0.3) is 11.3 Å².